The van der Waals surface area contributed by atoms with Gasteiger partial charge in [0.25, 0.3) is 0 Å². The molecule has 3 heterocycles. The number of rotatable bonds is 6. The van der Waals surface area contributed by atoms with Gasteiger partial charge in [0, 0.05) is 38.1 Å². The van der Waals surface area contributed by atoms with Crippen molar-refractivity contribution in [1.82, 2.24) is 24.1 Å². The van der Waals surface area contributed by atoms with Crippen LogP contribution in [-0.4, -0.2) is 34.3 Å². The highest BCUT2D eigenvalue weighted by atomic mass is 32.2. The van der Waals surface area contributed by atoms with Crippen LogP contribution < -0.4 is 4.72 Å². The summed E-state index contributed by atoms with van der Waals surface area (Å²) in [7, 11) is -3.56. The number of sulfonamides is 1. The van der Waals surface area contributed by atoms with E-state index in [1.54, 1.807) is 17.1 Å². The largest absolute Gasteiger partial charge is 0.335 e. The van der Waals surface area contributed by atoms with Gasteiger partial charge in [0.2, 0.25) is 10.0 Å². The zero-order chi connectivity index (χ0) is 18.0. The third-order valence-corrected chi connectivity index (χ3v) is 6.10. The minimum absolute atomic E-state index is 0.200. The molecule has 0 aliphatic carbocycles. The molecule has 0 amide bonds. The number of benzene rings is 1. The fourth-order valence-electron chi connectivity index (χ4n) is 3.24. The van der Waals surface area contributed by atoms with Crippen molar-refractivity contribution in [2.24, 2.45) is 5.92 Å². The second-order valence-electron chi connectivity index (χ2n) is 6.61. The van der Waals surface area contributed by atoms with Crippen LogP contribution in [0.15, 0.2) is 60.0 Å². The number of hydrogen-bond donors (Lipinski definition) is 1. The SMILES string of the molecule is O=S(=O)(NC[C@@H]1CCn2ccnc2C1)c1cnn(Cc2ccccc2)c1. The summed E-state index contributed by atoms with van der Waals surface area (Å²) in [6, 6.07) is 9.83. The Morgan fingerprint density at radius 2 is 2.08 bits per heavy atom. The number of nitrogens with one attached hydrogen (secondary N) is 1. The van der Waals surface area contributed by atoms with E-state index in [9.17, 15) is 8.42 Å². The first-order valence-corrected chi connectivity index (χ1v) is 10.1. The molecule has 8 heteroatoms. The van der Waals surface area contributed by atoms with Crippen molar-refractivity contribution in [3.05, 3.63) is 66.5 Å². The van der Waals surface area contributed by atoms with Crippen molar-refractivity contribution in [3.8, 4) is 0 Å². The van der Waals surface area contributed by atoms with Gasteiger partial charge in [-0.2, -0.15) is 5.10 Å². The van der Waals surface area contributed by atoms with E-state index in [0.29, 0.717) is 13.1 Å². The van der Waals surface area contributed by atoms with Gasteiger partial charge >= 0.3 is 0 Å². The summed E-state index contributed by atoms with van der Waals surface area (Å²) in [4.78, 5) is 4.52. The highest BCUT2D eigenvalue weighted by Gasteiger charge is 2.23. The first-order chi connectivity index (χ1) is 12.6. The first-order valence-electron chi connectivity index (χ1n) is 8.66. The standard InChI is InChI=1S/C18H21N5O2S/c24-26(25,21-11-16-6-8-22-9-7-19-18(22)10-16)17-12-20-23(14-17)13-15-4-2-1-3-5-15/h1-5,7,9,12,14,16,21H,6,8,10-11,13H2/t16-/m1/s1. The minimum atomic E-state index is -3.56. The summed E-state index contributed by atoms with van der Waals surface area (Å²) in [6.07, 6.45) is 8.48. The molecule has 0 bridgehead atoms. The fraction of sp³-hybridized carbons (Fsp3) is 0.333. The zero-order valence-corrected chi connectivity index (χ0v) is 15.1. The van der Waals surface area contributed by atoms with Gasteiger partial charge in [-0.25, -0.2) is 18.1 Å². The molecule has 26 heavy (non-hydrogen) atoms. The van der Waals surface area contributed by atoms with Crippen molar-refractivity contribution in [2.75, 3.05) is 6.54 Å². The molecule has 0 fully saturated rings. The van der Waals surface area contributed by atoms with Crippen LogP contribution in [0.25, 0.3) is 0 Å². The average molecular weight is 371 g/mol. The van der Waals surface area contributed by atoms with Crippen LogP contribution in [0.5, 0.6) is 0 Å². The minimum Gasteiger partial charge on any atom is -0.335 e. The maximum absolute atomic E-state index is 12.6. The van der Waals surface area contributed by atoms with Gasteiger partial charge in [-0.3, -0.25) is 4.68 Å². The third kappa shape index (κ3) is 3.71. The normalized spacial score (nSPS) is 17.2. The molecule has 4 rings (SSSR count). The summed E-state index contributed by atoms with van der Waals surface area (Å²) < 4.78 is 31.6. The highest BCUT2D eigenvalue weighted by molar-refractivity contribution is 7.89. The quantitative estimate of drug-likeness (QED) is 0.715. The summed E-state index contributed by atoms with van der Waals surface area (Å²) in [5, 5.41) is 4.18. The molecule has 2 aromatic heterocycles. The second-order valence-corrected chi connectivity index (χ2v) is 8.37. The van der Waals surface area contributed by atoms with Crippen LogP contribution in [0.4, 0.5) is 0 Å². The molecular formula is C18H21N5O2S. The maximum atomic E-state index is 12.6. The van der Waals surface area contributed by atoms with E-state index in [4.69, 9.17) is 0 Å². The number of fused-ring (bicyclic) bond motifs is 1. The summed E-state index contributed by atoms with van der Waals surface area (Å²) in [5.41, 5.74) is 1.07. The Morgan fingerprint density at radius 3 is 2.92 bits per heavy atom. The molecule has 136 valence electrons. The average Bonchev–Trinajstić information content (AvgIpc) is 3.30. The van der Waals surface area contributed by atoms with Crippen molar-refractivity contribution in [3.63, 3.8) is 0 Å². The molecule has 1 aromatic carbocycles. The van der Waals surface area contributed by atoms with Crippen LogP contribution in [0.1, 0.15) is 17.8 Å². The Labute approximate surface area is 152 Å². The Morgan fingerprint density at radius 1 is 1.23 bits per heavy atom. The number of aryl methyl sites for hydroxylation is 1. The lowest BCUT2D eigenvalue weighted by atomic mass is 9.98. The molecule has 7 nitrogen and oxygen atoms in total. The van der Waals surface area contributed by atoms with Gasteiger partial charge in [-0.1, -0.05) is 30.3 Å². The Hall–Kier alpha value is -2.45. The van der Waals surface area contributed by atoms with Gasteiger partial charge in [-0.15, -0.1) is 0 Å². The molecule has 0 saturated heterocycles. The maximum Gasteiger partial charge on any atom is 0.243 e. The highest BCUT2D eigenvalue weighted by Crippen LogP contribution is 2.19. The van der Waals surface area contributed by atoms with Crippen molar-refractivity contribution in [2.45, 2.75) is 30.8 Å². The van der Waals surface area contributed by atoms with E-state index in [1.165, 1.54) is 6.20 Å². The smallest absolute Gasteiger partial charge is 0.243 e. The van der Waals surface area contributed by atoms with Gasteiger partial charge in [0.1, 0.15) is 10.7 Å². The summed E-state index contributed by atoms with van der Waals surface area (Å²) in [6.45, 7) is 1.84. The predicted octanol–water partition coefficient (Wildman–Crippen LogP) is 1.67. The number of hydrogen-bond acceptors (Lipinski definition) is 4. The molecule has 0 saturated carbocycles. The van der Waals surface area contributed by atoms with Crippen LogP contribution in [0.2, 0.25) is 0 Å². The summed E-state index contributed by atoms with van der Waals surface area (Å²) >= 11 is 0. The van der Waals surface area contributed by atoms with Crippen molar-refractivity contribution >= 4 is 10.0 Å². The van der Waals surface area contributed by atoms with Gasteiger partial charge in [-0.05, 0) is 17.9 Å². The van der Waals surface area contributed by atoms with Crippen molar-refractivity contribution in [1.29, 1.82) is 0 Å². The van der Waals surface area contributed by atoms with E-state index in [-0.39, 0.29) is 10.8 Å². The van der Waals surface area contributed by atoms with Crippen molar-refractivity contribution < 1.29 is 8.42 Å². The molecule has 3 aromatic rings. The lowest BCUT2D eigenvalue weighted by Crippen LogP contribution is -2.33. The molecular weight excluding hydrogens is 350 g/mol. The van der Waals surface area contributed by atoms with Crippen LogP contribution in [0, 0.1) is 5.92 Å². The van der Waals surface area contributed by atoms with E-state index in [1.807, 2.05) is 36.5 Å². The van der Waals surface area contributed by atoms with E-state index in [0.717, 1.165) is 30.8 Å². The van der Waals surface area contributed by atoms with Gasteiger partial charge in [0.05, 0.1) is 12.7 Å². The lowest BCUT2D eigenvalue weighted by Gasteiger charge is -2.23. The Balaban J connectivity index is 1.38. The fourth-order valence-corrected chi connectivity index (χ4v) is 4.31. The first kappa shape index (κ1) is 17.0. The molecule has 1 aliphatic rings. The predicted molar refractivity (Wildman–Crippen MR) is 97.0 cm³/mol. The Kier molecular flexibility index (Phi) is 4.60. The monoisotopic (exact) mass is 371 g/mol. The number of nitrogens with zero attached hydrogens (tertiary/aromatic N) is 4. The molecule has 1 N–H and O–H groups in total. The summed E-state index contributed by atoms with van der Waals surface area (Å²) in [5.74, 6) is 1.29. The molecule has 0 radical (unpaired) electrons. The van der Waals surface area contributed by atoms with Crippen LogP contribution >= 0.6 is 0 Å². The molecule has 1 aliphatic heterocycles. The van der Waals surface area contributed by atoms with E-state index >= 15 is 0 Å². The van der Waals surface area contributed by atoms with Crippen LogP contribution in [-0.2, 0) is 29.5 Å². The molecule has 0 unspecified atom stereocenters. The zero-order valence-electron chi connectivity index (χ0n) is 14.3. The second kappa shape index (κ2) is 7.05. The number of imidazole rings is 1. The third-order valence-electron chi connectivity index (χ3n) is 4.72. The Bertz CT molecular complexity index is 978. The molecule has 0 spiro atoms. The molecule has 1 atom stereocenters. The van der Waals surface area contributed by atoms with Gasteiger partial charge in [0.15, 0.2) is 0 Å². The number of aromatic nitrogens is 4. The van der Waals surface area contributed by atoms with Gasteiger partial charge < -0.3 is 4.57 Å². The lowest BCUT2D eigenvalue weighted by molar-refractivity contribution is 0.379. The van der Waals surface area contributed by atoms with Crippen LogP contribution in [0.3, 0.4) is 0 Å². The topological polar surface area (TPSA) is 81.8 Å². The van der Waals surface area contributed by atoms with E-state index in [2.05, 4.69) is 19.4 Å². The van der Waals surface area contributed by atoms with E-state index < -0.39 is 10.0 Å².